The number of hydrogen-bond acceptors (Lipinski definition) is 5. The van der Waals surface area contributed by atoms with Gasteiger partial charge in [0.2, 0.25) is 6.79 Å². The molecule has 3 rings (SSSR count). The molecule has 0 atom stereocenters. The number of amides is 1. The highest BCUT2D eigenvalue weighted by Crippen LogP contribution is 2.33. The van der Waals surface area contributed by atoms with Gasteiger partial charge in [-0.1, -0.05) is 18.2 Å². The van der Waals surface area contributed by atoms with Crippen LogP contribution in [0.5, 0.6) is 11.5 Å². The van der Waals surface area contributed by atoms with Gasteiger partial charge >= 0.3 is 5.97 Å². The molecule has 140 valence electrons. The van der Waals surface area contributed by atoms with Crippen LogP contribution in [0, 0.1) is 3.57 Å². The molecule has 1 amide bonds. The maximum absolute atomic E-state index is 12.6. The fraction of sp³-hybridized carbons (Fsp3) is 0.200. The monoisotopic (exact) mass is 479 g/mol. The zero-order chi connectivity index (χ0) is 19.4. The van der Waals surface area contributed by atoms with Gasteiger partial charge in [-0.15, -0.1) is 0 Å². The van der Waals surface area contributed by atoms with E-state index in [1.807, 2.05) is 12.1 Å². The number of hydrogen-bond donors (Lipinski definition) is 1. The summed E-state index contributed by atoms with van der Waals surface area (Å²) >= 11 is 2.08. The lowest BCUT2D eigenvalue weighted by atomic mass is 10.1. The van der Waals surface area contributed by atoms with Crippen LogP contribution in [-0.2, 0) is 9.53 Å². The SMILES string of the molecule is CC(C)OC(=O)/C(=C\c1ccc2c(c1)OCO2)NC(=O)c1ccccc1I. The van der Waals surface area contributed by atoms with Crippen molar-refractivity contribution in [1.82, 2.24) is 5.32 Å². The molecular weight excluding hydrogens is 461 g/mol. The zero-order valence-corrected chi connectivity index (χ0v) is 17.0. The average molecular weight is 479 g/mol. The minimum atomic E-state index is -0.609. The van der Waals surface area contributed by atoms with E-state index in [9.17, 15) is 9.59 Å². The number of halogens is 1. The van der Waals surface area contributed by atoms with Crippen molar-refractivity contribution >= 4 is 40.5 Å². The summed E-state index contributed by atoms with van der Waals surface area (Å²) in [5.41, 5.74) is 1.21. The van der Waals surface area contributed by atoms with Crippen molar-refractivity contribution in [2.75, 3.05) is 6.79 Å². The van der Waals surface area contributed by atoms with Gasteiger partial charge in [0, 0.05) is 3.57 Å². The van der Waals surface area contributed by atoms with Crippen LogP contribution in [-0.4, -0.2) is 24.8 Å². The average Bonchev–Trinajstić information content (AvgIpc) is 3.08. The summed E-state index contributed by atoms with van der Waals surface area (Å²) in [4.78, 5) is 25.1. The van der Waals surface area contributed by atoms with Crippen LogP contribution < -0.4 is 14.8 Å². The second-order valence-corrected chi connectivity index (χ2v) is 7.22. The minimum absolute atomic E-state index is 0.0484. The second kappa shape index (κ2) is 8.43. The number of nitrogens with one attached hydrogen (secondary N) is 1. The van der Waals surface area contributed by atoms with Gasteiger partial charge in [-0.25, -0.2) is 4.79 Å². The van der Waals surface area contributed by atoms with Gasteiger partial charge in [-0.2, -0.15) is 0 Å². The van der Waals surface area contributed by atoms with Crippen LogP contribution >= 0.6 is 22.6 Å². The zero-order valence-electron chi connectivity index (χ0n) is 14.8. The minimum Gasteiger partial charge on any atom is -0.458 e. The van der Waals surface area contributed by atoms with E-state index < -0.39 is 5.97 Å². The molecule has 7 heteroatoms. The predicted octanol–water partition coefficient (Wildman–Crippen LogP) is 3.74. The van der Waals surface area contributed by atoms with Gasteiger partial charge in [0.05, 0.1) is 11.7 Å². The first-order valence-electron chi connectivity index (χ1n) is 8.32. The molecule has 0 radical (unpaired) electrons. The maximum atomic E-state index is 12.6. The molecule has 1 heterocycles. The molecule has 1 aliphatic heterocycles. The summed E-state index contributed by atoms with van der Waals surface area (Å²) in [5, 5.41) is 2.67. The number of ether oxygens (including phenoxy) is 3. The Labute approximate surface area is 170 Å². The van der Waals surface area contributed by atoms with Crippen molar-refractivity contribution in [2.45, 2.75) is 20.0 Å². The molecule has 0 saturated carbocycles. The van der Waals surface area contributed by atoms with E-state index in [0.717, 1.165) is 3.57 Å². The third-order valence-electron chi connectivity index (χ3n) is 3.64. The molecule has 0 saturated heterocycles. The Hall–Kier alpha value is -2.55. The smallest absolute Gasteiger partial charge is 0.355 e. The number of benzene rings is 2. The number of carbonyl (C=O) groups is 2. The lowest BCUT2D eigenvalue weighted by Crippen LogP contribution is -2.30. The first-order chi connectivity index (χ1) is 12.9. The Balaban J connectivity index is 1.90. The van der Waals surface area contributed by atoms with E-state index in [1.54, 1.807) is 50.3 Å². The molecule has 1 aliphatic rings. The maximum Gasteiger partial charge on any atom is 0.355 e. The van der Waals surface area contributed by atoms with E-state index >= 15 is 0 Å². The molecule has 0 bridgehead atoms. The molecule has 0 aromatic heterocycles. The summed E-state index contributed by atoms with van der Waals surface area (Å²) in [7, 11) is 0. The van der Waals surface area contributed by atoms with Gasteiger partial charge in [-0.3, -0.25) is 4.79 Å². The van der Waals surface area contributed by atoms with Crippen molar-refractivity contribution < 1.29 is 23.8 Å². The molecule has 27 heavy (non-hydrogen) atoms. The Bertz CT molecular complexity index is 907. The van der Waals surface area contributed by atoms with Crippen molar-refractivity contribution in [3.05, 3.63) is 62.9 Å². The molecule has 2 aromatic carbocycles. The second-order valence-electron chi connectivity index (χ2n) is 6.06. The molecule has 0 spiro atoms. The van der Waals surface area contributed by atoms with Crippen LogP contribution in [0.1, 0.15) is 29.8 Å². The van der Waals surface area contributed by atoms with Gasteiger partial charge in [0.15, 0.2) is 11.5 Å². The number of carbonyl (C=O) groups excluding carboxylic acids is 2. The van der Waals surface area contributed by atoms with Crippen LogP contribution in [0.15, 0.2) is 48.2 Å². The first kappa shape index (κ1) is 19.2. The van der Waals surface area contributed by atoms with Crippen molar-refractivity contribution in [3.8, 4) is 11.5 Å². The largest absolute Gasteiger partial charge is 0.458 e. The lowest BCUT2D eigenvalue weighted by molar-refractivity contribution is -0.142. The van der Waals surface area contributed by atoms with E-state index in [0.29, 0.717) is 22.6 Å². The molecule has 0 aliphatic carbocycles. The molecule has 0 fully saturated rings. The number of rotatable bonds is 5. The highest BCUT2D eigenvalue weighted by molar-refractivity contribution is 14.1. The van der Waals surface area contributed by atoms with E-state index in [2.05, 4.69) is 27.9 Å². The van der Waals surface area contributed by atoms with E-state index in [1.165, 1.54) is 0 Å². The molecular formula is C20H18INO5. The molecule has 1 N–H and O–H groups in total. The Morgan fingerprint density at radius 1 is 1.15 bits per heavy atom. The number of esters is 1. The summed E-state index contributed by atoms with van der Waals surface area (Å²) in [6, 6.07) is 12.4. The van der Waals surface area contributed by atoms with Crippen LogP contribution in [0.2, 0.25) is 0 Å². The Morgan fingerprint density at radius 3 is 2.63 bits per heavy atom. The Kier molecular flexibility index (Phi) is 6.00. The van der Waals surface area contributed by atoms with Gasteiger partial charge in [-0.05, 0) is 72.3 Å². The van der Waals surface area contributed by atoms with E-state index in [4.69, 9.17) is 14.2 Å². The standard InChI is InChI=1S/C20H18INO5/c1-12(2)27-20(24)16(22-19(23)14-5-3-4-6-15(14)21)9-13-7-8-17-18(10-13)26-11-25-17/h3-10,12H,11H2,1-2H3,(H,22,23)/b16-9+. The fourth-order valence-corrected chi connectivity index (χ4v) is 3.06. The van der Waals surface area contributed by atoms with Crippen LogP contribution in [0.4, 0.5) is 0 Å². The van der Waals surface area contributed by atoms with Crippen molar-refractivity contribution in [3.63, 3.8) is 0 Å². The third kappa shape index (κ3) is 4.79. The third-order valence-corrected chi connectivity index (χ3v) is 4.58. The van der Waals surface area contributed by atoms with Crippen molar-refractivity contribution in [1.29, 1.82) is 0 Å². The van der Waals surface area contributed by atoms with Crippen molar-refractivity contribution in [2.24, 2.45) is 0 Å². The number of fused-ring (bicyclic) bond motifs is 1. The molecule has 6 nitrogen and oxygen atoms in total. The highest BCUT2D eigenvalue weighted by atomic mass is 127. The topological polar surface area (TPSA) is 73.9 Å². The van der Waals surface area contributed by atoms with Crippen LogP contribution in [0.3, 0.4) is 0 Å². The molecule has 2 aromatic rings. The molecule has 0 unspecified atom stereocenters. The van der Waals surface area contributed by atoms with Gasteiger partial charge in [0.1, 0.15) is 5.70 Å². The normalized spacial score (nSPS) is 12.8. The van der Waals surface area contributed by atoms with E-state index in [-0.39, 0.29) is 24.5 Å². The lowest BCUT2D eigenvalue weighted by Gasteiger charge is -2.13. The van der Waals surface area contributed by atoms with Gasteiger partial charge < -0.3 is 19.5 Å². The first-order valence-corrected chi connectivity index (χ1v) is 9.40. The summed E-state index contributed by atoms with van der Waals surface area (Å²) in [6.45, 7) is 3.66. The van der Waals surface area contributed by atoms with Gasteiger partial charge in [0.25, 0.3) is 5.91 Å². The quantitative estimate of drug-likeness (QED) is 0.402. The fourth-order valence-electron chi connectivity index (χ4n) is 2.43. The predicted molar refractivity (Wildman–Crippen MR) is 108 cm³/mol. The highest BCUT2D eigenvalue weighted by Gasteiger charge is 2.19. The summed E-state index contributed by atoms with van der Waals surface area (Å²) < 4.78 is 16.7. The summed E-state index contributed by atoms with van der Waals surface area (Å²) in [6.07, 6.45) is 1.24. The Morgan fingerprint density at radius 2 is 1.89 bits per heavy atom. The summed E-state index contributed by atoms with van der Waals surface area (Å²) in [5.74, 6) is 0.236. The van der Waals surface area contributed by atoms with Crippen LogP contribution in [0.25, 0.3) is 6.08 Å².